The van der Waals surface area contributed by atoms with Gasteiger partial charge in [-0.15, -0.1) is 0 Å². The van der Waals surface area contributed by atoms with Gasteiger partial charge in [0.05, 0.1) is 7.11 Å². The number of rotatable bonds is 7. The second-order valence-corrected chi connectivity index (χ2v) is 6.48. The molecule has 7 heteroatoms. The first-order valence-electron chi connectivity index (χ1n) is 9.21. The van der Waals surface area contributed by atoms with Gasteiger partial charge in [0.1, 0.15) is 23.1 Å². The fraction of sp³-hybridized carbons (Fsp3) is 0.136. The molecule has 0 spiro atoms. The fourth-order valence-electron chi connectivity index (χ4n) is 2.81. The lowest BCUT2D eigenvalue weighted by atomic mass is 10.2. The molecule has 0 aliphatic rings. The quantitative estimate of drug-likeness (QED) is 0.471. The van der Waals surface area contributed by atoms with E-state index < -0.39 is 0 Å². The van der Waals surface area contributed by atoms with Crippen molar-refractivity contribution in [3.05, 3.63) is 78.1 Å². The summed E-state index contributed by atoms with van der Waals surface area (Å²) < 4.78 is 10.3. The minimum atomic E-state index is 0.598. The highest BCUT2D eigenvalue weighted by Crippen LogP contribution is 2.23. The lowest BCUT2D eigenvalue weighted by Crippen LogP contribution is -2.05. The highest BCUT2D eigenvalue weighted by atomic mass is 16.5. The van der Waals surface area contributed by atoms with E-state index >= 15 is 0 Å². The molecule has 0 radical (unpaired) electrons. The number of aromatic nitrogens is 3. The largest absolute Gasteiger partial charge is 0.497 e. The number of anilines is 3. The average Bonchev–Trinajstić information content (AvgIpc) is 3.17. The van der Waals surface area contributed by atoms with E-state index in [4.69, 9.17) is 9.26 Å². The van der Waals surface area contributed by atoms with Crippen molar-refractivity contribution in [2.45, 2.75) is 13.5 Å². The Morgan fingerprint density at radius 3 is 2.34 bits per heavy atom. The van der Waals surface area contributed by atoms with Crippen molar-refractivity contribution in [1.82, 2.24) is 15.1 Å². The van der Waals surface area contributed by atoms with Crippen LogP contribution in [0.2, 0.25) is 0 Å². The van der Waals surface area contributed by atoms with Crippen molar-refractivity contribution < 1.29 is 9.26 Å². The zero-order valence-electron chi connectivity index (χ0n) is 16.2. The molecule has 0 amide bonds. The number of hydrogen-bond donors (Lipinski definition) is 2. The summed E-state index contributed by atoms with van der Waals surface area (Å²) in [7, 11) is 1.66. The van der Waals surface area contributed by atoms with E-state index in [2.05, 4.69) is 25.8 Å². The molecule has 4 aromatic rings. The third-order valence-corrected chi connectivity index (χ3v) is 4.27. The van der Waals surface area contributed by atoms with E-state index in [1.807, 2.05) is 73.7 Å². The topological polar surface area (TPSA) is 85.1 Å². The van der Waals surface area contributed by atoms with Gasteiger partial charge in [-0.3, -0.25) is 0 Å². The predicted octanol–water partition coefficient (Wildman–Crippen LogP) is 4.80. The van der Waals surface area contributed by atoms with Crippen LogP contribution in [0.4, 0.5) is 17.5 Å². The van der Waals surface area contributed by atoms with Crippen molar-refractivity contribution in [3.63, 3.8) is 0 Å². The molecule has 2 heterocycles. The van der Waals surface area contributed by atoms with Crippen LogP contribution >= 0.6 is 0 Å². The first kappa shape index (κ1) is 18.5. The SMILES string of the molecule is COc1ccc(CNc2cc(Nc3cc(C)on3)nc(-c3ccccc3)n2)cc1. The predicted molar refractivity (Wildman–Crippen MR) is 112 cm³/mol. The summed E-state index contributed by atoms with van der Waals surface area (Å²) in [6.07, 6.45) is 0. The van der Waals surface area contributed by atoms with Gasteiger partial charge in [-0.05, 0) is 24.6 Å². The van der Waals surface area contributed by atoms with E-state index in [0.29, 0.717) is 29.8 Å². The zero-order chi connectivity index (χ0) is 20.1. The second kappa shape index (κ2) is 8.43. The van der Waals surface area contributed by atoms with Crippen molar-refractivity contribution in [3.8, 4) is 17.1 Å². The molecule has 4 rings (SSSR count). The molecule has 0 aliphatic carbocycles. The van der Waals surface area contributed by atoms with E-state index in [-0.39, 0.29) is 0 Å². The van der Waals surface area contributed by atoms with Crippen molar-refractivity contribution in [2.24, 2.45) is 0 Å². The summed E-state index contributed by atoms with van der Waals surface area (Å²) in [4.78, 5) is 9.29. The van der Waals surface area contributed by atoms with Crippen molar-refractivity contribution in [1.29, 1.82) is 0 Å². The summed E-state index contributed by atoms with van der Waals surface area (Å²) in [6.45, 7) is 2.47. The molecule has 29 heavy (non-hydrogen) atoms. The molecule has 0 fully saturated rings. The molecule has 0 unspecified atom stereocenters. The van der Waals surface area contributed by atoms with Crippen LogP contribution in [0.3, 0.4) is 0 Å². The third-order valence-electron chi connectivity index (χ3n) is 4.27. The number of hydrogen-bond acceptors (Lipinski definition) is 7. The molecule has 0 bridgehead atoms. The van der Waals surface area contributed by atoms with Crippen LogP contribution in [0.5, 0.6) is 5.75 Å². The summed E-state index contributed by atoms with van der Waals surface area (Å²) in [6, 6.07) is 21.4. The monoisotopic (exact) mass is 387 g/mol. The number of nitrogens with zero attached hydrogens (tertiary/aromatic N) is 3. The molecular weight excluding hydrogens is 366 g/mol. The summed E-state index contributed by atoms with van der Waals surface area (Å²) in [5.41, 5.74) is 2.05. The van der Waals surface area contributed by atoms with Crippen LogP contribution in [0.25, 0.3) is 11.4 Å². The maximum absolute atomic E-state index is 5.21. The number of benzene rings is 2. The van der Waals surface area contributed by atoms with Crippen LogP contribution in [0.15, 0.2) is 71.3 Å². The van der Waals surface area contributed by atoms with Gasteiger partial charge in [-0.25, -0.2) is 9.97 Å². The van der Waals surface area contributed by atoms with E-state index in [1.54, 1.807) is 7.11 Å². The summed E-state index contributed by atoms with van der Waals surface area (Å²) >= 11 is 0. The first-order valence-corrected chi connectivity index (χ1v) is 9.21. The smallest absolute Gasteiger partial charge is 0.175 e. The molecule has 0 aliphatic heterocycles. The molecule has 146 valence electrons. The lowest BCUT2D eigenvalue weighted by molar-refractivity contribution is 0.400. The Morgan fingerprint density at radius 2 is 1.66 bits per heavy atom. The van der Waals surface area contributed by atoms with Gasteiger partial charge in [0, 0.05) is 24.2 Å². The van der Waals surface area contributed by atoms with Crippen LogP contribution in [-0.4, -0.2) is 22.2 Å². The van der Waals surface area contributed by atoms with E-state index in [1.165, 1.54) is 0 Å². The average molecular weight is 387 g/mol. The van der Waals surface area contributed by atoms with E-state index in [0.717, 1.165) is 22.6 Å². The molecular formula is C22H21N5O2. The molecule has 2 N–H and O–H groups in total. The van der Waals surface area contributed by atoms with Crippen LogP contribution < -0.4 is 15.4 Å². The third kappa shape index (κ3) is 4.70. The van der Waals surface area contributed by atoms with Crippen molar-refractivity contribution in [2.75, 3.05) is 17.7 Å². The number of ether oxygens (including phenoxy) is 1. The Kier molecular flexibility index (Phi) is 5.38. The maximum Gasteiger partial charge on any atom is 0.175 e. The van der Waals surface area contributed by atoms with Gasteiger partial charge in [0.15, 0.2) is 11.6 Å². The fourth-order valence-corrected chi connectivity index (χ4v) is 2.81. The van der Waals surface area contributed by atoms with Gasteiger partial charge in [0.2, 0.25) is 0 Å². The highest BCUT2D eigenvalue weighted by molar-refractivity contribution is 5.63. The Balaban J connectivity index is 1.59. The molecule has 0 saturated carbocycles. The molecule has 7 nitrogen and oxygen atoms in total. The van der Waals surface area contributed by atoms with Crippen molar-refractivity contribution >= 4 is 17.5 Å². The van der Waals surface area contributed by atoms with Gasteiger partial charge in [-0.2, -0.15) is 0 Å². The summed E-state index contributed by atoms with van der Waals surface area (Å²) in [5.74, 6) is 4.11. The van der Waals surface area contributed by atoms with Gasteiger partial charge < -0.3 is 19.9 Å². The molecule has 0 saturated heterocycles. The Morgan fingerprint density at radius 1 is 0.897 bits per heavy atom. The van der Waals surface area contributed by atoms with Gasteiger partial charge >= 0.3 is 0 Å². The second-order valence-electron chi connectivity index (χ2n) is 6.48. The van der Waals surface area contributed by atoms with Crippen LogP contribution in [0, 0.1) is 6.92 Å². The molecule has 2 aromatic heterocycles. The standard InChI is InChI=1S/C22H21N5O2/c1-15-12-21(27-29-15)24-20-13-19(23-14-16-8-10-18(28-2)11-9-16)25-22(26-20)17-6-4-3-5-7-17/h3-13H,14H2,1-2H3,(H2,23,24,25,26,27). The first-order chi connectivity index (χ1) is 14.2. The molecule has 0 atom stereocenters. The Hall–Kier alpha value is -3.87. The Bertz CT molecular complexity index is 1080. The number of aryl methyl sites for hydroxylation is 1. The van der Waals surface area contributed by atoms with Crippen LogP contribution in [-0.2, 0) is 6.54 Å². The van der Waals surface area contributed by atoms with E-state index in [9.17, 15) is 0 Å². The molecule has 2 aromatic carbocycles. The maximum atomic E-state index is 5.21. The highest BCUT2D eigenvalue weighted by Gasteiger charge is 2.09. The number of nitrogens with one attached hydrogen (secondary N) is 2. The summed E-state index contributed by atoms with van der Waals surface area (Å²) in [5, 5.41) is 10.5. The normalized spacial score (nSPS) is 10.6. The Labute approximate surface area is 168 Å². The minimum absolute atomic E-state index is 0.598. The van der Waals surface area contributed by atoms with Gasteiger partial charge in [-0.1, -0.05) is 47.6 Å². The lowest BCUT2D eigenvalue weighted by Gasteiger charge is -2.11. The zero-order valence-corrected chi connectivity index (χ0v) is 16.2. The minimum Gasteiger partial charge on any atom is -0.497 e. The van der Waals surface area contributed by atoms with Gasteiger partial charge in [0.25, 0.3) is 0 Å². The van der Waals surface area contributed by atoms with Crippen LogP contribution in [0.1, 0.15) is 11.3 Å². The number of methoxy groups -OCH3 is 1.